The summed E-state index contributed by atoms with van der Waals surface area (Å²) in [4.78, 5) is 2.31. The van der Waals surface area contributed by atoms with E-state index in [1.165, 1.54) is 16.7 Å². The van der Waals surface area contributed by atoms with E-state index >= 15 is 0 Å². The zero-order valence-corrected chi connectivity index (χ0v) is 13.3. The fourth-order valence-corrected chi connectivity index (χ4v) is 3.23. The number of methoxy groups -OCH3 is 2. The second-order valence-electron chi connectivity index (χ2n) is 5.78. The van der Waals surface area contributed by atoms with Gasteiger partial charge < -0.3 is 20.1 Å². The number of likely N-dealkylation sites (N-methyl/N-ethyl adjacent to an activating group) is 1. The molecule has 1 aliphatic rings. The molecule has 0 saturated heterocycles. The van der Waals surface area contributed by atoms with Gasteiger partial charge in [-0.05, 0) is 41.9 Å². The summed E-state index contributed by atoms with van der Waals surface area (Å²) >= 11 is 0. The summed E-state index contributed by atoms with van der Waals surface area (Å²) in [5.41, 5.74) is 10.8. The van der Waals surface area contributed by atoms with E-state index in [0.29, 0.717) is 0 Å². The van der Waals surface area contributed by atoms with Crippen molar-refractivity contribution < 1.29 is 9.47 Å². The zero-order chi connectivity index (χ0) is 15.7. The monoisotopic (exact) mass is 298 g/mol. The molecule has 4 heteroatoms. The number of anilines is 1. The molecule has 0 saturated carbocycles. The lowest BCUT2D eigenvalue weighted by molar-refractivity contribution is 0.295. The van der Waals surface area contributed by atoms with Gasteiger partial charge in [0.25, 0.3) is 0 Å². The van der Waals surface area contributed by atoms with Crippen LogP contribution in [-0.2, 0) is 6.54 Å². The predicted molar refractivity (Wildman–Crippen MR) is 88.6 cm³/mol. The number of nitrogens with two attached hydrogens (primary N) is 1. The molecule has 2 N–H and O–H groups in total. The molecule has 4 nitrogen and oxygen atoms in total. The Hall–Kier alpha value is -2.20. The van der Waals surface area contributed by atoms with Gasteiger partial charge in [0, 0.05) is 24.7 Å². The average molecular weight is 298 g/mol. The molecule has 0 fully saturated rings. The molecule has 2 aromatic carbocycles. The van der Waals surface area contributed by atoms with E-state index < -0.39 is 0 Å². The third kappa shape index (κ3) is 2.50. The molecule has 1 aliphatic heterocycles. The van der Waals surface area contributed by atoms with E-state index in [-0.39, 0.29) is 5.92 Å². The molecule has 1 atom stereocenters. The van der Waals surface area contributed by atoms with Crippen molar-refractivity contribution in [3.8, 4) is 11.5 Å². The lowest BCUT2D eigenvalue weighted by atomic mass is 9.84. The Morgan fingerprint density at radius 3 is 2.59 bits per heavy atom. The molecular weight excluding hydrogens is 276 g/mol. The molecule has 0 amide bonds. The van der Waals surface area contributed by atoms with Crippen LogP contribution in [0.2, 0.25) is 0 Å². The van der Waals surface area contributed by atoms with Gasteiger partial charge in [-0.3, -0.25) is 0 Å². The lowest BCUT2D eigenvalue weighted by Crippen LogP contribution is -2.31. The highest BCUT2D eigenvalue weighted by Gasteiger charge is 2.26. The number of nitrogens with zero attached hydrogens (tertiary/aromatic N) is 1. The molecule has 1 unspecified atom stereocenters. The Morgan fingerprint density at radius 2 is 1.86 bits per heavy atom. The van der Waals surface area contributed by atoms with Gasteiger partial charge in [-0.15, -0.1) is 0 Å². The number of nitrogen functional groups attached to an aromatic ring is 1. The van der Waals surface area contributed by atoms with E-state index in [9.17, 15) is 0 Å². The summed E-state index contributed by atoms with van der Waals surface area (Å²) in [6.07, 6.45) is 0. The fourth-order valence-electron chi connectivity index (χ4n) is 3.23. The van der Waals surface area contributed by atoms with Crippen molar-refractivity contribution in [2.75, 3.05) is 33.5 Å². The van der Waals surface area contributed by atoms with Crippen molar-refractivity contribution >= 4 is 5.69 Å². The summed E-state index contributed by atoms with van der Waals surface area (Å²) in [7, 11) is 5.45. The maximum Gasteiger partial charge on any atom is 0.161 e. The Balaban J connectivity index is 2.08. The minimum atomic E-state index is 0.289. The zero-order valence-electron chi connectivity index (χ0n) is 13.3. The van der Waals surface area contributed by atoms with Crippen molar-refractivity contribution in [2.45, 2.75) is 12.5 Å². The number of hydrogen-bond donors (Lipinski definition) is 1. The minimum Gasteiger partial charge on any atom is -0.493 e. The van der Waals surface area contributed by atoms with Gasteiger partial charge in [0.15, 0.2) is 11.5 Å². The number of hydrogen-bond acceptors (Lipinski definition) is 4. The van der Waals surface area contributed by atoms with Crippen molar-refractivity contribution in [1.29, 1.82) is 0 Å². The van der Waals surface area contributed by atoms with Crippen LogP contribution in [0.15, 0.2) is 36.4 Å². The summed E-state index contributed by atoms with van der Waals surface area (Å²) in [6.45, 7) is 1.86. The van der Waals surface area contributed by atoms with Gasteiger partial charge >= 0.3 is 0 Å². The number of ether oxygens (including phenoxy) is 2. The predicted octanol–water partition coefficient (Wildman–Crippen LogP) is 2.86. The quantitative estimate of drug-likeness (QED) is 0.885. The summed E-state index contributed by atoms with van der Waals surface area (Å²) in [5, 5.41) is 0. The second kappa shape index (κ2) is 5.89. The van der Waals surface area contributed by atoms with Gasteiger partial charge in [-0.1, -0.05) is 18.2 Å². The standard InChI is InChI=1S/C18H22N2O2/c1-20-10-14(13-5-4-6-16(19)15(13)11-20)12-7-8-17(21-2)18(9-12)22-3/h4-9,14H,10-11,19H2,1-3H3. The Kier molecular flexibility index (Phi) is 3.94. The second-order valence-corrected chi connectivity index (χ2v) is 5.78. The molecule has 1 heterocycles. The molecule has 2 aromatic rings. The Bertz CT molecular complexity index is 685. The van der Waals surface area contributed by atoms with E-state index in [4.69, 9.17) is 15.2 Å². The topological polar surface area (TPSA) is 47.7 Å². The molecule has 3 rings (SSSR count). The minimum absolute atomic E-state index is 0.289. The lowest BCUT2D eigenvalue weighted by Gasteiger charge is -2.33. The molecule has 22 heavy (non-hydrogen) atoms. The van der Waals surface area contributed by atoms with Crippen LogP contribution in [0, 0.1) is 0 Å². The maximum absolute atomic E-state index is 6.17. The highest BCUT2D eigenvalue weighted by Crippen LogP contribution is 2.38. The summed E-state index contributed by atoms with van der Waals surface area (Å²) in [6, 6.07) is 12.3. The first-order valence-corrected chi connectivity index (χ1v) is 7.41. The number of rotatable bonds is 3. The molecule has 0 aliphatic carbocycles. The average Bonchev–Trinajstić information content (AvgIpc) is 2.54. The van der Waals surface area contributed by atoms with Crippen LogP contribution >= 0.6 is 0 Å². The van der Waals surface area contributed by atoms with E-state index in [1.807, 2.05) is 18.2 Å². The van der Waals surface area contributed by atoms with Crippen LogP contribution in [0.4, 0.5) is 5.69 Å². The third-order valence-electron chi connectivity index (χ3n) is 4.36. The van der Waals surface area contributed by atoms with Crippen LogP contribution in [0.5, 0.6) is 11.5 Å². The first-order valence-electron chi connectivity index (χ1n) is 7.41. The van der Waals surface area contributed by atoms with Crippen LogP contribution in [0.1, 0.15) is 22.6 Å². The Labute approximate surface area is 131 Å². The molecule has 0 bridgehead atoms. The van der Waals surface area contributed by atoms with Crippen molar-refractivity contribution in [2.24, 2.45) is 0 Å². The number of fused-ring (bicyclic) bond motifs is 1. The van der Waals surface area contributed by atoms with Crippen molar-refractivity contribution in [1.82, 2.24) is 4.90 Å². The summed E-state index contributed by atoms with van der Waals surface area (Å²) < 4.78 is 10.8. The van der Waals surface area contributed by atoms with Crippen molar-refractivity contribution in [3.05, 3.63) is 53.1 Å². The van der Waals surface area contributed by atoms with Gasteiger partial charge in [-0.2, -0.15) is 0 Å². The Morgan fingerprint density at radius 1 is 1.09 bits per heavy atom. The van der Waals surface area contributed by atoms with Crippen LogP contribution < -0.4 is 15.2 Å². The normalized spacial score (nSPS) is 17.9. The van der Waals surface area contributed by atoms with Crippen LogP contribution in [0.25, 0.3) is 0 Å². The highest BCUT2D eigenvalue weighted by atomic mass is 16.5. The summed E-state index contributed by atoms with van der Waals surface area (Å²) in [5.74, 6) is 1.80. The first kappa shape index (κ1) is 14.7. The van der Waals surface area contributed by atoms with Gasteiger partial charge in [0.1, 0.15) is 0 Å². The molecule has 116 valence electrons. The third-order valence-corrected chi connectivity index (χ3v) is 4.36. The van der Waals surface area contributed by atoms with Crippen LogP contribution in [0.3, 0.4) is 0 Å². The van der Waals surface area contributed by atoms with Crippen LogP contribution in [-0.4, -0.2) is 32.7 Å². The molecular formula is C18H22N2O2. The van der Waals surface area contributed by atoms with E-state index in [2.05, 4.69) is 30.1 Å². The molecule has 0 spiro atoms. The van der Waals surface area contributed by atoms with E-state index in [1.54, 1.807) is 14.2 Å². The smallest absolute Gasteiger partial charge is 0.161 e. The highest BCUT2D eigenvalue weighted by molar-refractivity contribution is 5.56. The molecule has 0 aromatic heterocycles. The van der Waals surface area contributed by atoms with E-state index in [0.717, 1.165) is 30.3 Å². The number of benzene rings is 2. The van der Waals surface area contributed by atoms with Crippen molar-refractivity contribution in [3.63, 3.8) is 0 Å². The SMILES string of the molecule is COc1ccc(C2CN(C)Cc3c(N)cccc32)cc1OC. The van der Waals surface area contributed by atoms with Gasteiger partial charge in [0.2, 0.25) is 0 Å². The molecule has 0 radical (unpaired) electrons. The first-order chi connectivity index (χ1) is 10.6. The maximum atomic E-state index is 6.17. The largest absolute Gasteiger partial charge is 0.493 e. The van der Waals surface area contributed by atoms with Gasteiger partial charge in [0.05, 0.1) is 14.2 Å². The van der Waals surface area contributed by atoms with Gasteiger partial charge in [-0.25, -0.2) is 0 Å². The fraction of sp³-hybridized carbons (Fsp3) is 0.333.